The van der Waals surface area contributed by atoms with Gasteiger partial charge >= 0.3 is 0 Å². The van der Waals surface area contributed by atoms with E-state index < -0.39 is 0 Å². The number of hydrogen-bond acceptors (Lipinski definition) is 5. The van der Waals surface area contributed by atoms with Gasteiger partial charge in [0.15, 0.2) is 0 Å². The first-order valence-electron chi connectivity index (χ1n) is 8.69. The third-order valence-electron chi connectivity index (χ3n) is 4.91. The molecule has 2 aliphatic heterocycles. The van der Waals surface area contributed by atoms with Crippen LogP contribution in [0.2, 0.25) is 0 Å². The molecule has 0 spiro atoms. The van der Waals surface area contributed by atoms with Gasteiger partial charge in [0.05, 0.1) is 12.7 Å². The first-order chi connectivity index (χ1) is 10.2. The fourth-order valence-corrected chi connectivity index (χ4v) is 3.64. The molecule has 0 bridgehead atoms. The van der Waals surface area contributed by atoms with Crippen molar-refractivity contribution in [1.29, 1.82) is 0 Å². The molecule has 2 heterocycles. The summed E-state index contributed by atoms with van der Waals surface area (Å²) in [6.45, 7) is 12.0. The summed E-state index contributed by atoms with van der Waals surface area (Å²) in [5.74, 6) is 0. The highest BCUT2D eigenvalue weighted by molar-refractivity contribution is 4.79. The molecule has 2 fully saturated rings. The first kappa shape index (κ1) is 17.2. The number of ether oxygens (including phenoxy) is 1. The van der Waals surface area contributed by atoms with Crippen LogP contribution in [0.15, 0.2) is 0 Å². The Hall–Kier alpha value is -0.200. The predicted octanol–water partition coefficient (Wildman–Crippen LogP) is 0.452. The lowest BCUT2D eigenvalue weighted by Gasteiger charge is -2.34. The average Bonchev–Trinajstić information content (AvgIpc) is 2.70. The van der Waals surface area contributed by atoms with E-state index >= 15 is 0 Å². The Balaban J connectivity index is 1.77. The minimum absolute atomic E-state index is 0.390. The van der Waals surface area contributed by atoms with E-state index in [0.29, 0.717) is 12.1 Å². The van der Waals surface area contributed by atoms with Gasteiger partial charge in [-0.2, -0.15) is 0 Å². The van der Waals surface area contributed by atoms with E-state index in [4.69, 9.17) is 10.5 Å². The average molecular weight is 298 g/mol. The summed E-state index contributed by atoms with van der Waals surface area (Å²) in [6.07, 6.45) is 4.01. The standard InChI is InChI=1S/C16H34N4O/c1-3-15(5-6-17)20-8-4-7-19(9-10-20)14-16-13-18(2)11-12-21-16/h15-16H,3-14,17H2,1-2H3. The first-order valence-corrected chi connectivity index (χ1v) is 8.69. The quantitative estimate of drug-likeness (QED) is 0.771. The molecule has 5 heteroatoms. The number of nitrogens with zero attached hydrogens (tertiary/aromatic N) is 3. The molecule has 0 radical (unpaired) electrons. The highest BCUT2D eigenvalue weighted by atomic mass is 16.5. The summed E-state index contributed by atoms with van der Waals surface area (Å²) in [6, 6.07) is 0.673. The SMILES string of the molecule is CCC(CCN)N1CCCN(CC2CN(C)CCO2)CC1. The van der Waals surface area contributed by atoms with E-state index in [2.05, 4.69) is 28.7 Å². The van der Waals surface area contributed by atoms with E-state index in [0.717, 1.165) is 39.2 Å². The van der Waals surface area contributed by atoms with Gasteiger partial charge in [-0.15, -0.1) is 0 Å². The summed E-state index contributed by atoms with van der Waals surface area (Å²) in [7, 11) is 2.19. The molecule has 0 aliphatic carbocycles. The predicted molar refractivity (Wildman–Crippen MR) is 87.6 cm³/mol. The molecule has 0 aromatic heterocycles. The minimum atomic E-state index is 0.390. The number of morpholine rings is 1. The molecular formula is C16H34N4O. The summed E-state index contributed by atoms with van der Waals surface area (Å²) < 4.78 is 5.91. The van der Waals surface area contributed by atoms with Gasteiger partial charge in [0.1, 0.15) is 0 Å². The monoisotopic (exact) mass is 298 g/mol. The van der Waals surface area contributed by atoms with E-state index in [9.17, 15) is 0 Å². The lowest BCUT2D eigenvalue weighted by atomic mass is 10.1. The largest absolute Gasteiger partial charge is 0.374 e. The van der Waals surface area contributed by atoms with Crippen LogP contribution in [0.3, 0.4) is 0 Å². The van der Waals surface area contributed by atoms with Crippen molar-refractivity contribution in [3.8, 4) is 0 Å². The topological polar surface area (TPSA) is 45.0 Å². The number of hydrogen-bond donors (Lipinski definition) is 1. The van der Waals surface area contributed by atoms with Crippen LogP contribution >= 0.6 is 0 Å². The smallest absolute Gasteiger partial charge is 0.0829 e. The number of likely N-dealkylation sites (N-methyl/N-ethyl adjacent to an activating group) is 1. The molecule has 2 rings (SSSR count). The molecule has 2 aliphatic rings. The van der Waals surface area contributed by atoms with Crippen molar-refractivity contribution >= 4 is 0 Å². The van der Waals surface area contributed by atoms with Gasteiger partial charge in [-0.05, 0) is 45.9 Å². The lowest BCUT2D eigenvalue weighted by molar-refractivity contribution is -0.0351. The van der Waals surface area contributed by atoms with Crippen LogP contribution < -0.4 is 5.73 Å². The van der Waals surface area contributed by atoms with Crippen molar-refractivity contribution in [3.63, 3.8) is 0 Å². The molecule has 124 valence electrons. The van der Waals surface area contributed by atoms with Gasteiger partial charge in [-0.3, -0.25) is 9.80 Å². The Labute approximate surface area is 130 Å². The second-order valence-corrected chi connectivity index (χ2v) is 6.58. The van der Waals surface area contributed by atoms with E-state index in [-0.39, 0.29) is 0 Å². The number of nitrogens with two attached hydrogens (primary N) is 1. The molecule has 2 unspecified atom stereocenters. The van der Waals surface area contributed by atoms with Gasteiger partial charge in [0.2, 0.25) is 0 Å². The van der Waals surface area contributed by atoms with Gasteiger partial charge in [-0.25, -0.2) is 0 Å². The van der Waals surface area contributed by atoms with Crippen LogP contribution in [0, 0.1) is 0 Å². The van der Waals surface area contributed by atoms with Gasteiger partial charge in [0, 0.05) is 38.8 Å². The highest BCUT2D eigenvalue weighted by Gasteiger charge is 2.24. The van der Waals surface area contributed by atoms with Crippen molar-refractivity contribution in [2.24, 2.45) is 5.73 Å². The minimum Gasteiger partial charge on any atom is -0.374 e. The molecule has 0 amide bonds. The second kappa shape index (κ2) is 9.06. The van der Waals surface area contributed by atoms with E-state index in [1.807, 2.05) is 0 Å². The van der Waals surface area contributed by atoms with Crippen LogP contribution in [0.1, 0.15) is 26.2 Å². The summed E-state index contributed by atoms with van der Waals surface area (Å²) in [4.78, 5) is 7.63. The Bertz CT molecular complexity index is 289. The third-order valence-corrected chi connectivity index (χ3v) is 4.91. The van der Waals surface area contributed by atoms with Crippen molar-refractivity contribution in [2.45, 2.75) is 38.3 Å². The fourth-order valence-electron chi connectivity index (χ4n) is 3.64. The van der Waals surface area contributed by atoms with Crippen molar-refractivity contribution in [2.75, 3.05) is 66.0 Å². The summed E-state index contributed by atoms with van der Waals surface area (Å²) in [5.41, 5.74) is 5.76. The maximum atomic E-state index is 5.91. The van der Waals surface area contributed by atoms with Crippen LogP contribution in [0.25, 0.3) is 0 Å². The zero-order chi connectivity index (χ0) is 15.1. The molecule has 2 N–H and O–H groups in total. The molecule has 0 saturated carbocycles. The van der Waals surface area contributed by atoms with Gasteiger partial charge < -0.3 is 15.4 Å². The van der Waals surface area contributed by atoms with Gasteiger partial charge in [-0.1, -0.05) is 6.92 Å². The van der Waals surface area contributed by atoms with Crippen molar-refractivity contribution in [1.82, 2.24) is 14.7 Å². The van der Waals surface area contributed by atoms with E-state index in [1.54, 1.807) is 0 Å². The molecule has 2 saturated heterocycles. The Morgan fingerprint density at radius 2 is 2.05 bits per heavy atom. The fraction of sp³-hybridized carbons (Fsp3) is 1.00. The van der Waals surface area contributed by atoms with E-state index in [1.165, 1.54) is 39.0 Å². The van der Waals surface area contributed by atoms with Gasteiger partial charge in [0.25, 0.3) is 0 Å². The number of rotatable bonds is 6. The van der Waals surface area contributed by atoms with Crippen LogP contribution in [0.4, 0.5) is 0 Å². The zero-order valence-electron chi connectivity index (χ0n) is 14.0. The normalized spacial score (nSPS) is 28.4. The zero-order valence-corrected chi connectivity index (χ0v) is 14.0. The third kappa shape index (κ3) is 5.49. The molecule has 0 aromatic rings. The second-order valence-electron chi connectivity index (χ2n) is 6.58. The highest BCUT2D eigenvalue weighted by Crippen LogP contribution is 2.13. The van der Waals surface area contributed by atoms with Crippen LogP contribution in [-0.2, 0) is 4.74 Å². The summed E-state index contributed by atoms with van der Waals surface area (Å²) in [5, 5.41) is 0. The Kier molecular flexibility index (Phi) is 7.40. The Morgan fingerprint density at radius 1 is 1.19 bits per heavy atom. The maximum Gasteiger partial charge on any atom is 0.0829 e. The Morgan fingerprint density at radius 3 is 2.76 bits per heavy atom. The molecule has 5 nitrogen and oxygen atoms in total. The van der Waals surface area contributed by atoms with Crippen molar-refractivity contribution < 1.29 is 4.74 Å². The molecular weight excluding hydrogens is 264 g/mol. The van der Waals surface area contributed by atoms with Crippen molar-refractivity contribution in [3.05, 3.63) is 0 Å². The van der Waals surface area contributed by atoms with Crippen LogP contribution in [0.5, 0.6) is 0 Å². The molecule has 0 aromatic carbocycles. The summed E-state index contributed by atoms with van der Waals surface area (Å²) >= 11 is 0. The molecule has 21 heavy (non-hydrogen) atoms. The maximum absolute atomic E-state index is 5.91. The van der Waals surface area contributed by atoms with Crippen LogP contribution in [-0.4, -0.2) is 92.9 Å². The molecule has 2 atom stereocenters. The lowest BCUT2D eigenvalue weighted by Crippen LogP contribution is -2.47.